The maximum Gasteiger partial charge on any atom is 0.490 e. The molecule has 0 aliphatic heterocycles. The molecule has 70 valence electrons. The molecule has 1 aromatic carbocycles. The number of benzene rings is 1. The van der Waals surface area contributed by atoms with Crippen LogP contribution < -0.4 is 16.5 Å². The van der Waals surface area contributed by atoms with Gasteiger partial charge in [0.2, 0.25) is 0 Å². The summed E-state index contributed by atoms with van der Waals surface area (Å²) in [6, 6.07) is 5.02. The van der Waals surface area contributed by atoms with Crippen LogP contribution >= 0.6 is 0 Å². The normalized spacial score (nSPS) is 9.77. The van der Waals surface area contributed by atoms with Crippen molar-refractivity contribution in [2.24, 2.45) is 0 Å². The van der Waals surface area contributed by atoms with Crippen molar-refractivity contribution < 1.29 is 10.0 Å². The summed E-state index contributed by atoms with van der Waals surface area (Å²) in [7, 11) is -1.49. The second-order valence-electron chi connectivity index (χ2n) is 2.72. The summed E-state index contributed by atoms with van der Waals surface area (Å²) in [5, 5.41) is 21.0. The van der Waals surface area contributed by atoms with E-state index in [0.29, 0.717) is 23.4 Å². The van der Waals surface area contributed by atoms with Gasteiger partial charge < -0.3 is 21.1 Å². The number of hydrogen-bond donors (Lipinski definition) is 4. The highest BCUT2D eigenvalue weighted by Gasteiger charge is 2.16. The molecule has 0 aliphatic carbocycles. The van der Waals surface area contributed by atoms with Gasteiger partial charge in [-0.3, -0.25) is 0 Å². The third-order valence-electron chi connectivity index (χ3n) is 1.76. The summed E-state index contributed by atoms with van der Waals surface area (Å²) in [4.78, 5) is 0. The van der Waals surface area contributed by atoms with Gasteiger partial charge in [0.25, 0.3) is 0 Å². The SMILES string of the molecule is CCNc1c(N)cccc1B(O)O. The van der Waals surface area contributed by atoms with E-state index in [4.69, 9.17) is 15.8 Å². The van der Waals surface area contributed by atoms with E-state index in [1.54, 1.807) is 18.2 Å². The summed E-state index contributed by atoms with van der Waals surface area (Å²) in [6.07, 6.45) is 0. The van der Waals surface area contributed by atoms with Gasteiger partial charge in [0.1, 0.15) is 0 Å². The largest absolute Gasteiger partial charge is 0.490 e. The van der Waals surface area contributed by atoms with Crippen molar-refractivity contribution in [2.45, 2.75) is 6.92 Å². The van der Waals surface area contributed by atoms with E-state index in [1.807, 2.05) is 6.92 Å². The van der Waals surface area contributed by atoms with Crippen LogP contribution in [0.1, 0.15) is 6.92 Å². The van der Waals surface area contributed by atoms with Gasteiger partial charge in [0.15, 0.2) is 0 Å². The molecule has 4 nitrogen and oxygen atoms in total. The molecule has 0 saturated heterocycles. The van der Waals surface area contributed by atoms with Gasteiger partial charge in [-0.25, -0.2) is 0 Å². The number of anilines is 2. The predicted octanol–water partition coefficient (Wildman–Crippen LogP) is -0.620. The van der Waals surface area contributed by atoms with Crippen LogP contribution in [0.15, 0.2) is 18.2 Å². The number of hydrogen-bond acceptors (Lipinski definition) is 4. The van der Waals surface area contributed by atoms with Crippen molar-refractivity contribution >= 4 is 24.0 Å². The summed E-state index contributed by atoms with van der Waals surface area (Å²) in [5.41, 5.74) is 7.18. The Morgan fingerprint density at radius 1 is 1.46 bits per heavy atom. The van der Waals surface area contributed by atoms with Gasteiger partial charge in [-0.1, -0.05) is 12.1 Å². The molecule has 0 saturated carbocycles. The first kappa shape index (κ1) is 9.89. The molecular formula is C8H13BN2O2. The highest BCUT2D eigenvalue weighted by atomic mass is 16.4. The van der Waals surface area contributed by atoms with Gasteiger partial charge >= 0.3 is 7.12 Å². The van der Waals surface area contributed by atoms with Crippen molar-refractivity contribution in [3.8, 4) is 0 Å². The van der Waals surface area contributed by atoms with Crippen molar-refractivity contribution in [2.75, 3.05) is 17.6 Å². The lowest BCUT2D eigenvalue weighted by molar-refractivity contribution is 0.426. The minimum atomic E-state index is -1.49. The third-order valence-corrected chi connectivity index (χ3v) is 1.76. The summed E-state index contributed by atoms with van der Waals surface area (Å²) < 4.78 is 0. The fourth-order valence-corrected chi connectivity index (χ4v) is 1.18. The van der Waals surface area contributed by atoms with E-state index < -0.39 is 7.12 Å². The molecule has 13 heavy (non-hydrogen) atoms. The fraction of sp³-hybridized carbons (Fsp3) is 0.250. The number of nitrogens with one attached hydrogen (secondary N) is 1. The van der Waals surface area contributed by atoms with Gasteiger partial charge in [0.05, 0.1) is 11.4 Å². The first-order chi connectivity index (χ1) is 6.16. The molecule has 1 aromatic rings. The molecule has 1 rings (SSSR count). The second kappa shape index (κ2) is 4.16. The highest BCUT2D eigenvalue weighted by molar-refractivity contribution is 6.60. The van der Waals surface area contributed by atoms with Gasteiger partial charge in [-0.2, -0.15) is 0 Å². The number of nitrogen functional groups attached to an aromatic ring is 1. The predicted molar refractivity (Wildman–Crippen MR) is 54.8 cm³/mol. The summed E-state index contributed by atoms with van der Waals surface area (Å²) >= 11 is 0. The van der Waals surface area contributed by atoms with Crippen molar-refractivity contribution in [1.29, 1.82) is 0 Å². The van der Waals surface area contributed by atoms with Gasteiger partial charge in [0, 0.05) is 12.0 Å². The topological polar surface area (TPSA) is 78.5 Å². The fourth-order valence-electron chi connectivity index (χ4n) is 1.18. The van der Waals surface area contributed by atoms with Crippen molar-refractivity contribution in [1.82, 2.24) is 0 Å². The van der Waals surface area contributed by atoms with Crippen LogP contribution in [0, 0.1) is 0 Å². The van der Waals surface area contributed by atoms with E-state index in [9.17, 15) is 0 Å². The zero-order valence-electron chi connectivity index (χ0n) is 7.49. The molecule has 0 spiro atoms. The number of rotatable bonds is 3. The molecule has 0 fully saturated rings. The molecule has 0 heterocycles. The Morgan fingerprint density at radius 3 is 2.69 bits per heavy atom. The average Bonchev–Trinajstić information content (AvgIpc) is 2.08. The highest BCUT2D eigenvalue weighted by Crippen LogP contribution is 2.14. The second-order valence-corrected chi connectivity index (χ2v) is 2.72. The molecular weight excluding hydrogens is 167 g/mol. The lowest BCUT2D eigenvalue weighted by atomic mass is 9.78. The lowest BCUT2D eigenvalue weighted by Gasteiger charge is -2.12. The minimum absolute atomic E-state index is 0.404. The molecule has 0 atom stereocenters. The van der Waals surface area contributed by atoms with Crippen molar-refractivity contribution in [3.63, 3.8) is 0 Å². The Kier molecular flexibility index (Phi) is 3.16. The van der Waals surface area contributed by atoms with E-state index in [-0.39, 0.29) is 0 Å². The molecule has 0 radical (unpaired) electrons. The third kappa shape index (κ3) is 2.14. The number of para-hydroxylation sites is 1. The van der Waals surface area contributed by atoms with Crippen LogP contribution in [0.2, 0.25) is 0 Å². The van der Waals surface area contributed by atoms with Crippen LogP contribution in [-0.2, 0) is 0 Å². The smallest absolute Gasteiger partial charge is 0.423 e. The Labute approximate surface area is 77.5 Å². The van der Waals surface area contributed by atoms with E-state index >= 15 is 0 Å². The maximum absolute atomic E-state index is 9.02. The lowest BCUT2D eigenvalue weighted by Crippen LogP contribution is -2.33. The first-order valence-corrected chi connectivity index (χ1v) is 4.15. The van der Waals surface area contributed by atoms with Crippen LogP contribution in [0.3, 0.4) is 0 Å². The zero-order valence-corrected chi connectivity index (χ0v) is 7.49. The Hall–Kier alpha value is -1.20. The maximum atomic E-state index is 9.02. The van der Waals surface area contributed by atoms with E-state index in [2.05, 4.69) is 5.32 Å². The quantitative estimate of drug-likeness (QED) is 0.369. The molecule has 0 amide bonds. The van der Waals surface area contributed by atoms with Crippen LogP contribution in [0.25, 0.3) is 0 Å². The molecule has 5 heteroatoms. The van der Waals surface area contributed by atoms with Crippen LogP contribution in [0.4, 0.5) is 11.4 Å². The van der Waals surface area contributed by atoms with E-state index in [1.165, 1.54) is 0 Å². The first-order valence-electron chi connectivity index (χ1n) is 4.15. The van der Waals surface area contributed by atoms with Crippen molar-refractivity contribution in [3.05, 3.63) is 18.2 Å². The van der Waals surface area contributed by atoms with Gasteiger partial charge in [-0.15, -0.1) is 0 Å². The molecule has 0 bridgehead atoms. The minimum Gasteiger partial charge on any atom is -0.423 e. The Balaban J connectivity index is 3.09. The average molecular weight is 180 g/mol. The molecule has 5 N–H and O–H groups in total. The summed E-state index contributed by atoms with van der Waals surface area (Å²) in [6.45, 7) is 2.61. The molecule has 0 aromatic heterocycles. The monoisotopic (exact) mass is 180 g/mol. The van der Waals surface area contributed by atoms with E-state index in [0.717, 1.165) is 0 Å². The molecule has 0 aliphatic rings. The Bertz CT molecular complexity index is 291. The van der Waals surface area contributed by atoms with Crippen LogP contribution in [0.5, 0.6) is 0 Å². The van der Waals surface area contributed by atoms with Gasteiger partial charge in [-0.05, 0) is 13.0 Å². The van der Waals surface area contributed by atoms with Crippen LogP contribution in [-0.4, -0.2) is 23.7 Å². The molecule has 0 unspecified atom stereocenters. The summed E-state index contributed by atoms with van der Waals surface area (Å²) in [5.74, 6) is 0. The number of nitrogens with two attached hydrogens (primary N) is 1. The Morgan fingerprint density at radius 2 is 2.15 bits per heavy atom. The standard InChI is InChI=1S/C8H13BN2O2/c1-2-11-8-6(9(12)13)4-3-5-7(8)10/h3-5,11-13H,2,10H2,1H3. The zero-order chi connectivity index (χ0) is 9.84.